The summed E-state index contributed by atoms with van der Waals surface area (Å²) in [6, 6.07) is 5.82. The van der Waals surface area contributed by atoms with Crippen LogP contribution in [-0.4, -0.2) is 16.0 Å². The van der Waals surface area contributed by atoms with E-state index in [-0.39, 0.29) is 11.7 Å². The number of carbonyl (C=O) groups is 1. The van der Waals surface area contributed by atoms with E-state index >= 15 is 0 Å². The molecule has 4 heteroatoms. The topological polar surface area (TPSA) is 45.8 Å². The molecule has 0 unspecified atom stereocenters. The molecule has 0 saturated heterocycles. The van der Waals surface area contributed by atoms with E-state index in [1.54, 1.807) is 0 Å². The Bertz CT molecular complexity index is 511. The van der Waals surface area contributed by atoms with E-state index < -0.39 is 0 Å². The van der Waals surface area contributed by atoms with Crippen molar-refractivity contribution in [1.29, 1.82) is 0 Å². The largest absolute Gasteiger partial charge is 0.293 e. The summed E-state index contributed by atoms with van der Waals surface area (Å²) in [6.07, 6.45) is 0. The summed E-state index contributed by atoms with van der Waals surface area (Å²) in [5.41, 5.74) is 1.94. The lowest BCUT2D eigenvalue weighted by atomic mass is 10.1. The molecule has 0 saturated carbocycles. The number of nitrogens with one attached hydrogen (secondary N) is 1. The normalized spacial score (nSPS) is 11.0. The van der Waals surface area contributed by atoms with Gasteiger partial charge in [0, 0.05) is 11.6 Å². The number of nitrogens with zero attached hydrogens (tertiary/aromatic N) is 1. The molecule has 3 nitrogen and oxygen atoms in total. The fourth-order valence-corrected chi connectivity index (χ4v) is 2.49. The maximum atomic E-state index is 11.8. The molecule has 0 atom stereocenters. The van der Waals surface area contributed by atoms with E-state index in [1.165, 1.54) is 11.3 Å². The molecule has 2 aromatic heterocycles. The summed E-state index contributed by atoms with van der Waals surface area (Å²) in [7, 11) is 0. The standard InChI is InChI=1S/C12H14N2OS/c1-7(2)12(15)11-5-4-10(16-11)9-6-8(3)13-14-9/h4-7H,1-3H3,(H,13,14). The molecule has 0 fully saturated rings. The van der Waals surface area contributed by atoms with Gasteiger partial charge in [0.15, 0.2) is 5.78 Å². The van der Waals surface area contributed by atoms with Crippen LogP contribution in [0.3, 0.4) is 0 Å². The molecule has 0 aliphatic heterocycles. The lowest BCUT2D eigenvalue weighted by molar-refractivity contribution is 0.0943. The summed E-state index contributed by atoms with van der Waals surface area (Å²) in [4.78, 5) is 13.6. The molecule has 0 aromatic carbocycles. The lowest BCUT2D eigenvalue weighted by Gasteiger charge is -1.98. The van der Waals surface area contributed by atoms with Crippen LogP contribution in [0.4, 0.5) is 0 Å². The van der Waals surface area contributed by atoms with Gasteiger partial charge in [-0.1, -0.05) is 13.8 Å². The Morgan fingerprint density at radius 3 is 2.75 bits per heavy atom. The van der Waals surface area contributed by atoms with Crippen molar-refractivity contribution in [3.63, 3.8) is 0 Å². The third-order valence-electron chi connectivity index (χ3n) is 2.33. The molecule has 16 heavy (non-hydrogen) atoms. The molecule has 0 spiro atoms. The predicted octanol–water partition coefficient (Wildman–Crippen LogP) is 3.29. The lowest BCUT2D eigenvalue weighted by Crippen LogP contribution is -2.04. The van der Waals surface area contributed by atoms with Crippen molar-refractivity contribution in [3.05, 3.63) is 28.8 Å². The Morgan fingerprint density at radius 1 is 1.44 bits per heavy atom. The number of carbonyl (C=O) groups excluding carboxylic acids is 1. The number of aryl methyl sites for hydroxylation is 1. The number of aromatic amines is 1. The predicted molar refractivity (Wildman–Crippen MR) is 65.8 cm³/mol. The highest BCUT2D eigenvalue weighted by molar-refractivity contribution is 7.17. The first-order valence-electron chi connectivity index (χ1n) is 5.24. The number of ketones is 1. The summed E-state index contributed by atoms with van der Waals surface area (Å²) >= 11 is 1.50. The molecular formula is C12H14N2OS. The second-order valence-electron chi connectivity index (χ2n) is 4.12. The summed E-state index contributed by atoms with van der Waals surface area (Å²) in [5, 5.41) is 7.08. The van der Waals surface area contributed by atoms with Gasteiger partial charge in [0.05, 0.1) is 9.75 Å². The fraction of sp³-hybridized carbons (Fsp3) is 0.333. The molecular weight excluding hydrogens is 220 g/mol. The molecule has 0 amide bonds. The van der Waals surface area contributed by atoms with Crippen LogP contribution in [0.1, 0.15) is 29.2 Å². The molecule has 0 radical (unpaired) electrons. The second kappa shape index (κ2) is 4.22. The average Bonchev–Trinajstić information content (AvgIpc) is 2.84. The van der Waals surface area contributed by atoms with Crippen LogP contribution in [-0.2, 0) is 0 Å². The Labute approximate surface area is 98.5 Å². The minimum atomic E-state index is 0.0485. The number of hydrogen-bond donors (Lipinski definition) is 1. The SMILES string of the molecule is Cc1cc(-c2ccc(C(=O)C(C)C)s2)n[nH]1. The van der Waals surface area contributed by atoms with Gasteiger partial charge < -0.3 is 0 Å². The Hall–Kier alpha value is -1.42. The maximum absolute atomic E-state index is 11.8. The molecule has 0 bridgehead atoms. The number of Topliss-reactive ketones (excluding diaryl/α,β-unsaturated/α-hetero) is 1. The van der Waals surface area contributed by atoms with Gasteiger partial charge >= 0.3 is 0 Å². The van der Waals surface area contributed by atoms with Crippen LogP contribution >= 0.6 is 11.3 Å². The zero-order chi connectivity index (χ0) is 11.7. The van der Waals surface area contributed by atoms with E-state index in [1.807, 2.05) is 39.0 Å². The van der Waals surface area contributed by atoms with Crippen LogP contribution in [0.15, 0.2) is 18.2 Å². The van der Waals surface area contributed by atoms with Gasteiger partial charge in [-0.2, -0.15) is 5.10 Å². The zero-order valence-electron chi connectivity index (χ0n) is 9.57. The molecule has 1 N–H and O–H groups in total. The Morgan fingerprint density at radius 2 is 2.19 bits per heavy atom. The van der Waals surface area contributed by atoms with Gasteiger partial charge in [0.2, 0.25) is 0 Å². The van der Waals surface area contributed by atoms with Gasteiger partial charge in [-0.05, 0) is 25.1 Å². The fourth-order valence-electron chi connectivity index (χ4n) is 1.44. The number of H-pyrrole nitrogens is 1. The van der Waals surface area contributed by atoms with Gasteiger partial charge in [-0.25, -0.2) is 0 Å². The first-order chi connectivity index (χ1) is 7.58. The second-order valence-corrected chi connectivity index (χ2v) is 5.20. The summed E-state index contributed by atoms with van der Waals surface area (Å²) < 4.78 is 0. The zero-order valence-corrected chi connectivity index (χ0v) is 10.4. The van der Waals surface area contributed by atoms with Crippen molar-refractivity contribution in [2.75, 3.05) is 0 Å². The van der Waals surface area contributed by atoms with Gasteiger partial charge in [-0.15, -0.1) is 11.3 Å². The number of hydrogen-bond acceptors (Lipinski definition) is 3. The number of aromatic nitrogens is 2. The first-order valence-corrected chi connectivity index (χ1v) is 6.06. The van der Waals surface area contributed by atoms with Crippen molar-refractivity contribution in [1.82, 2.24) is 10.2 Å². The maximum Gasteiger partial charge on any atom is 0.175 e. The third kappa shape index (κ3) is 2.07. The first kappa shape index (κ1) is 11.1. The minimum absolute atomic E-state index is 0.0485. The van der Waals surface area contributed by atoms with Gasteiger partial charge in [0.25, 0.3) is 0 Å². The van der Waals surface area contributed by atoms with Crippen molar-refractivity contribution >= 4 is 17.1 Å². The van der Waals surface area contributed by atoms with Gasteiger partial charge in [0.1, 0.15) is 5.69 Å². The highest BCUT2D eigenvalue weighted by Crippen LogP contribution is 2.28. The van der Waals surface area contributed by atoms with Crippen LogP contribution in [0.2, 0.25) is 0 Å². The highest BCUT2D eigenvalue weighted by atomic mass is 32.1. The van der Waals surface area contributed by atoms with Crippen molar-refractivity contribution in [3.8, 4) is 10.6 Å². The Kier molecular flexibility index (Phi) is 2.92. The summed E-state index contributed by atoms with van der Waals surface area (Å²) in [5.74, 6) is 0.246. The van der Waals surface area contributed by atoms with E-state index in [0.29, 0.717) is 0 Å². The van der Waals surface area contributed by atoms with E-state index in [9.17, 15) is 4.79 Å². The van der Waals surface area contributed by atoms with Crippen LogP contribution in [0.5, 0.6) is 0 Å². The van der Waals surface area contributed by atoms with Crippen molar-refractivity contribution < 1.29 is 4.79 Å². The molecule has 2 rings (SSSR count). The highest BCUT2D eigenvalue weighted by Gasteiger charge is 2.14. The molecule has 0 aliphatic carbocycles. The van der Waals surface area contributed by atoms with Crippen LogP contribution in [0, 0.1) is 12.8 Å². The van der Waals surface area contributed by atoms with Crippen LogP contribution in [0.25, 0.3) is 10.6 Å². The molecule has 0 aliphatic rings. The van der Waals surface area contributed by atoms with E-state index in [2.05, 4.69) is 10.2 Å². The molecule has 84 valence electrons. The molecule has 2 aromatic rings. The smallest absolute Gasteiger partial charge is 0.175 e. The van der Waals surface area contributed by atoms with Gasteiger partial charge in [-0.3, -0.25) is 9.89 Å². The minimum Gasteiger partial charge on any atom is -0.293 e. The molecule has 2 heterocycles. The van der Waals surface area contributed by atoms with Crippen molar-refractivity contribution in [2.45, 2.75) is 20.8 Å². The van der Waals surface area contributed by atoms with Crippen LogP contribution < -0.4 is 0 Å². The monoisotopic (exact) mass is 234 g/mol. The van der Waals surface area contributed by atoms with E-state index in [4.69, 9.17) is 0 Å². The Balaban J connectivity index is 2.29. The van der Waals surface area contributed by atoms with Crippen molar-refractivity contribution in [2.24, 2.45) is 5.92 Å². The summed E-state index contributed by atoms with van der Waals surface area (Å²) in [6.45, 7) is 5.80. The number of rotatable bonds is 3. The van der Waals surface area contributed by atoms with E-state index in [0.717, 1.165) is 21.1 Å². The quantitative estimate of drug-likeness (QED) is 0.828. The number of thiophene rings is 1. The average molecular weight is 234 g/mol. The third-order valence-corrected chi connectivity index (χ3v) is 3.45.